The maximum atomic E-state index is 13.5. The number of alkyl halides is 3. The molecule has 1 N–H and O–H groups in total. The van der Waals surface area contributed by atoms with E-state index < -0.39 is 20.1 Å². The Morgan fingerprint density at radius 3 is 2.31 bits per heavy atom. The molecule has 1 aromatic heterocycles. The Morgan fingerprint density at radius 2 is 1.69 bits per heavy atom. The molecular formula is C33H52F3N5O3Si. The Bertz CT molecular complexity index is 1230. The number of benzene rings is 1. The number of likely N-dealkylation sites (tertiary alicyclic amines) is 2. The van der Waals surface area contributed by atoms with Crippen LogP contribution in [-0.2, 0) is 15.3 Å². The lowest BCUT2D eigenvalue weighted by Crippen LogP contribution is -2.49. The largest absolute Gasteiger partial charge is 0.467 e. The van der Waals surface area contributed by atoms with Gasteiger partial charge in [0.2, 0.25) is 0 Å². The molecule has 2 aliphatic rings. The lowest BCUT2D eigenvalue weighted by molar-refractivity contribution is -0.137. The summed E-state index contributed by atoms with van der Waals surface area (Å²) in [5.41, 5.74) is 0.549. The third-order valence-electron chi connectivity index (χ3n) is 9.44. The van der Waals surface area contributed by atoms with Gasteiger partial charge in [-0.05, 0) is 94.0 Å². The topological polar surface area (TPSA) is 72.0 Å². The van der Waals surface area contributed by atoms with Gasteiger partial charge in [-0.15, -0.1) is 10.2 Å². The summed E-state index contributed by atoms with van der Waals surface area (Å²) in [7, 11) is -1.73. The highest BCUT2D eigenvalue weighted by atomic mass is 28.4. The highest BCUT2D eigenvalue weighted by Gasteiger charge is 2.39. The maximum Gasteiger partial charge on any atom is 0.416 e. The van der Waals surface area contributed by atoms with Gasteiger partial charge in [0.05, 0.1) is 11.3 Å². The molecule has 1 aromatic carbocycles. The summed E-state index contributed by atoms with van der Waals surface area (Å²) in [5.74, 6) is 0.719. The Hall–Kier alpha value is -2.25. The molecule has 0 unspecified atom stereocenters. The van der Waals surface area contributed by atoms with Crippen molar-refractivity contribution in [3.8, 4) is 17.0 Å². The molecule has 2 saturated heterocycles. The standard InChI is InChI=1S/C33H52F3N5O3Si/c1-8-42-23-43-29-21-25(33(34,35)36)20-24(2)31(29)28-11-12-30(39-38-28)37-26-10-9-15-41(22-26)19-18-40-16-13-27(14-17-40)44-45(6,7)32(3,4)5/h11-12,20-21,26-27H,8-10,13-19,22-23H2,1-7H3,(H,37,39)/t26-/m1/s1. The molecule has 4 rings (SSSR count). The number of hydrogen-bond donors (Lipinski definition) is 1. The van der Waals surface area contributed by atoms with Crippen LogP contribution in [0.5, 0.6) is 5.75 Å². The molecule has 0 radical (unpaired) electrons. The normalized spacial score (nSPS) is 19.6. The minimum atomic E-state index is -4.49. The number of anilines is 1. The average Bonchev–Trinajstić information content (AvgIpc) is 2.96. The van der Waals surface area contributed by atoms with Crippen molar-refractivity contribution in [2.24, 2.45) is 0 Å². The fourth-order valence-corrected chi connectivity index (χ4v) is 7.23. The van der Waals surface area contributed by atoms with E-state index in [0.29, 0.717) is 35.3 Å². The van der Waals surface area contributed by atoms with Gasteiger partial charge in [0.15, 0.2) is 15.1 Å². The molecule has 1 atom stereocenters. The highest BCUT2D eigenvalue weighted by molar-refractivity contribution is 6.74. The second kappa shape index (κ2) is 15.1. The number of aromatic nitrogens is 2. The van der Waals surface area contributed by atoms with Crippen LogP contribution in [-0.4, -0.2) is 93.1 Å². The van der Waals surface area contributed by atoms with E-state index >= 15 is 0 Å². The van der Waals surface area contributed by atoms with Crippen molar-refractivity contribution >= 4 is 14.1 Å². The van der Waals surface area contributed by atoms with Crippen molar-refractivity contribution in [2.75, 3.05) is 58.0 Å². The minimum absolute atomic E-state index is 0.0704. The second-order valence-corrected chi connectivity index (χ2v) is 18.7. The molecule has 8 nitrogen and oxygen atoms in total. The van der Waals surface area contributed by atoms with Gasteiger partial charge in [-0.2, -0.15) is 13.2 Å². The predicted molar refractivity (Wildman–Crippen MR) is 175 cm³/mol. The molecule has 12 heteroatoms. The Morgan fingerprint density at radius 1 is 0.978 bits per heavy atom. The third kappa shape index (κ3) is 9.87. The summed E-state index contributed by atoms with van der Waals surface area (Å²) < 4.78 is 57.9. The maximum absolute atomic E-state index is 13.5. The molecule has 2 aliphatic heterocycles. The molecule has 0 aliphatic carbocycles. The molecule has 45 heavy (non-hydrogen) atoms. The van der Waals surface area contributed by atoms with Crippen LogP contribution in [0, 0.1) is 6.92 Å². The van der Waals surface area contributed by atoms with E-state index in [1.807, 2.05) is 6.07 Å². The smallest absolute Gasteiger partial charge is 0.416 e. The van der Waals surface area contributed by atoms with Crippen molar-refractivity contribution in [1.29, 1.82) is 0 Å². The molecule has 3 heterocycles. The van der Waals surface area contributed by atoms with Crippen molar-refractivity contribution in [1.82, 2.24) is 20.0 Å². The Labute approximate surface area is 268 Å². The van der Waals surface area contributed by atoms with Crippen LogP contribution in [0.15, 0.2) is 24.3 Å². The molecular weight excluding hydrogens is 599 g/mol. The quantitative estimate of drug-likeness (QED) is 0.147. The third-order valence-corrected chi connectivity index (χ3v) is 14.0. The van der Waals surface area contributed by atoms with E-state index in [1.54, 1.807) is 19.9 Å². The lowest BCUT2D eigenvalue weighted by Gasteiger charge is -2.42. The van der Waals surface area contributed by atoms with E-state index in [1.165, 1.54) is 0 Å². The van der Waals surface area contributed by atoms with Gasteiger partial charge in [-0.25, -0.2) is 0 Å². The van der Waals surface area contributed by atoms with E-state index in [4.69, 9.17) is 13.9 Å². The van der Waals surface area contributed by atoms with Gasteiger partial charge >= 0.3 is 6.18 Å². The van der Waals surface area contributed by atoms with Crippen LogP contribution in [0.2, 0.25) is 18.1 Å². The number of nitrogens with zero attached hydrogens (tertiary/aromatic N) is 4. The van der Waals surface area contributed by atoms with Crippen molar-refractivity contribution in [2.45, 2.75) is 96.8 Å². The van der Waals surface area contributed by atoms with Gasteiger partial charge in [-0.3, -0.25) is 0 Å². The zero-order valence-electron chi connectivity index (χ0n) is 28.1. The number of halogens is 3. The van der Waals surface area contributed by atoms with E-state index in [2.05, 4.69) is 59.2 Å². The molecule has 0 spiro atoms. The zero-order valence-corrected chi connectivity index (χ0v) is 29.1. The number of hydrogen-bond acceptors (Lipinski definition) is 8. The summed E-state index contributed by atoms with van der Waals surface area (Å²) in [6, 6.07) is 5.97. The fourth-order valence-electron chi connectivity index (χ4n) is 5.80. The first-order valence-corrected chi connectivity index (χ1v) is 19.2. The molecule has 2 aromatic rings. The van der Waals surface area contributed by atoms with Crippen LogP contribution in [0.4, 0.5) is 19.0 Å². The summed E-state index contributed by atoms with van der Waals surface area (Å²) in [4.78, 5) is 5.09. The number of rotatable bonds is 12. The number of nitrogens with one attached hydrogen (secondary N) is 1. The molecule has 252 valence electrons. The summed E-state index contributed by atoms with van der Waals surface area (Å²) in [5, 5.41) is 12.5. The predicted octanol–water partition coefficient (Wildman–Crippen LogP) is 7.21. The molecule has 0 saturated carbocycles. The first kappa shape index (κ1) is 35.6. The summed E-state index contributed by atoms with van der Waals surface area (Å²) in [6.07, 6.45) is 0.266. The Balaban J connectivity index is 1.30. The first-order chi connectivity index (χ1) is 21.2. The monoisotopic (exact) mass is 651 g/mol. The van der Waals surface area contributed by atoms with Crippen LogP contribution < -0.4 is 10.1 Å². The van der Waals surface area contributed by atoms with Gasteiger partial charge in [0.25, 0.3) is 0 Å². The molecule has 2 fully saturated rings. The number of ether oxygens (including phenoxy) is 2. The Kier molecular flexibility index (Phi) is 11.9. The van der Waals surface area contributed by atoms with Crippen LogP contribution in [0.3, 0.4) is 0 Å². The highest BCUT2D eigenvalue weighted by Crippen LogP contribution is 2.40. The van der Waals surface area contributed by atoms with Crippen molar-refractivity contribution < 1.29 is 27.1 Å². The van der Waals surface area contributed by atoms with Crippen LogP contribution >= 0.6 is 0 Å². The summed E-state index contributed by atoms with van der Waals surface area (Å²) >= 11 is 0. The lowest BCUT2D eigenvalue weighted by atomic mass is 10.0. The zero-order chi connectivity index (χ0) is 32.8. The van der Waals surface area contributed by atoms with E-state index in [9.17, 15) is 13.2 Å². The summed E-state index contributed by atoms with van der Waals surface area (Å²) in [6.45, 7) is 21.5. The van der Waals surface area contributed by atoms with Gasteiger partial charge in [-0.1, -0.05) is 20.8 Å². The van der Waals surface area contributed by atoms with Crippen LogP contribution in [0.1, 0.15) is 64.5 Å². The fraction of sp³-hybridized carbons (Fsp3) is 0.697. The second-order valence-electron chi connectivity index (χ2n) is 13.9. The average molecular weight is 652 g/mol. The van der Waals surface area contributed by atoms with Crippen LogP contribution in [0.25, 0.3) is 11.3 Å². The first-order valence-electron chi connectivity index (χ1n) is 16.3. The van der Waals surface area contributed by atoms with Gasteiger partial charge in [0, 0.05) is 57.0 Å². The molecule has 0 amide bonds. The SMILES string of the molecule is CCOCOc1cc(C(F)(F)F)cc(C)c1-c1ccc(N[C@@H]2CCCN(CCN3CCC(O[Si](C)(C)C(C)(C)C)CC3)C2)nn1. The van der Waals surface area contributed by atoms with Gasteiger partial charge in [0.1, 0.15) is 11.6 Å². The van der Waals surface area contributed by atoms with Crippen molar-refractivity contribution in [3.63, 3.8) is 0 Å². The minimum Gasteiger partial charge on any atom is -0.467 e. The number of piperidine rings is 2. The van der Waals surface area contributed by atoms with E-state index in [0.717, 1.165) is 77.1 Å². The molecule has 0 bridgehead atoms. The number of aryl methyl sites for hydroxylation is 1. The van der Waals surface area contributed by atoms with Crippen molar-refractivity contribution in [3.05, 3.63) is 35.4 Å². The van der Waals surface area contributed by atoms with E-state index in [-0.39, 0.29) is 23.6 Å². The van der Waals surface area contributed by atoms with Gasteiger partial charge < -0.3 is 29.0 Å².